The van der Waals surface area contributed by atoms with Crippen LogP contribution in [0.25, 0.3) is 11.3 Å². The third-order valence-corrected chi connectivity index (χ3v) is 5.81. The Hall–Kier alpha value is -2.64. The highest BCUT2D eigenvalue weighted by molar-refractivity contribution is 7.90. The molecule has 6 nitrogen and oxygen atoms in total. The Morgan fingerprint density at radius 2 is 1.79 bits per heavy atom. The highest BCUT2D eigenvalue weighted by Gasteiger charge is 2.13. The van der Waals surface area contributed by atoms with Gasteiger partial charge >= 0.3 is 0 Å². The van der Waals surface area contributed by atoms with Gasteiger partial charge in [0.15, 0.2) is 21.5 Å². The first-order valence-corrected chi connectivity index (χ1v) is 11.3. The molecule has 0 saturated heterocycles. The Morgan fingerprint density at radius 3 is 2.41 bits per heavy atom. The Balaban J connectivity index is 1.54. The number of aryl methyl sites for hydroxylation is 1. The molecule has 0 radical (unpaired) electrons. The van der Waals surface area contributed by atoms with E-state index in [9.17, 15) is 13.2 Å². The number of sulfone groups is 1. The van der Waals surface area contributed by atoms with Crippen LogP contribution in [0.1, 0.15) is 30.8 Å². The summed E-state index contributed by atoms with van der Waals surface area (Å²) < 4.78 is 28.8. The highest BCUT2D eigenvalue weighted by atomic mass is 35.5. The third-order valence-electron chi connectivity index (χ3n) is 4.43. The summed E-state index contributed by atoms with van der Waals surface area (Å²) in [5, 5.41) is 3.54. The summed E-state index contributed by atoms with van der Waals surface area (Å²) in [6, 6.07) is 13.5. The van der Waals surface area contributed by atoms with Gasteiger partial charge in [-0.2, -0.15) is 0 Å². The fourth-order valence-corrected chi connectivity index (χ4v) is 3.55. The zero-order chi connectivity index (χ0) is 21.0. The number of nitrogens with one attached hydrogen (secondary N) is 1. The average molecular weight is 433 g/mol. The van der Waals surface area contributed by atoms with Gasteiger partial charge in [0, 0.05) is 29.7 Å². The minimum atomic E-state index is -3.24. The van der Waals surface area contributed by atoms with E-state index in [-0.39, 0.29) is 23.3 Å². The number of amides is 1. The summed E-state index contributed by atoms with van der Waals surface area (Å²) in [6.07, 6.45) is 3.39. The Bertz CT molecular complexity index is 1090. The fraction of sp³-hybridized carbons (Fsp3) is 0.238. The Kier molecular flexibility index (Phi) is 6.39. The lowest BCUT2D eigenvalue weighted by Gasteiger charge is -2.14. The first kappa shape index (κ1) is 21.1. The van der Waals surface area contributed by atoms with Gasteiger partial charge in [0.2, 0.25) is 5.91 Å². The monoisotopic (exact) mass is 432 g/mol. The van der Waals surface area contributed by atoms with Crippen LogP contribution >= 0.6 is 11.6 Å². The number of halogens is 1. The number of nitrogens with zero attached hydrogens (tertiary/aromatic N) is 1. The summed E-state index contributed by atoms with van der Waals surface area (Å²) >= 11 is 5.88. The van der Waals surface area contributed by atoms with Crippen LogP contribution in [-0.2, 0) is 21.1 Å². The normalized spacial score (nSPS) is 12.5. The molecular weight excluding hydrogens is 412 g/mol. The van der Waals surface area contributed by atoms with Gasteiger partial charge in [-0.1, -0.05) is 23.7 Å². The second-order valence-corrected chi connectivity index (χ2v) is 9.21. The van der Waals surface area contributed by atoms with Crippen LogP contribution < -0.4 is 5.32 Å². The first-order valence-electron chi connectivity index (χ1n) is 9.02. The van der Waals surface area contributed by atoms with Crippen molar-refractivity contribution in [2.24, 2.45) is 0 Å². The van der Waals surface area contributed by atoms with Gasteiger partial charge in [-0.15, -0.1) is 0 Å². The van der Waals surface area contributed by atoms with Gasteiger partial charge in [-0.3, -0.25) is 4.79 Å². The number of benzene rings is 2. The number of hydrogen-bond acceptors (Lipinski definition) is 5. The van der Waals surface area contributed by atoms with E-state index in [4.69, 9.17) is 16.0 Å². The van der Waals surface area contributed by atoms with E-state index in [0.29, 0.717) is 23.1 Å². The van der Waals surface area contributed by atoms with Crippen molar-refractivity contribution in [1.29, 1.82) is 0 Å². The molecule has 2 aromatic carbocycles. The van der Waals surface area contributed by atoms with Crippen LogP contribution in [-0.4, -0.2) is 25.6 Å². The molecule has 0 spiro atoms. The predicted octanol–water partition coefficient (Wildman–Crippen LogP) is 4.21. The van der Waals surface area contributed by atoms with E-state index in [1.54, 1.807) is 42.6 Å². The van der Waals surface area contributed by atoms with Gasteiger partial charge in [0.25, 0.3) is 0 Å². The molecule has 8 heteroatoms. The van der Waals surface area contributed by atoms with Gasteiger partial charge in [0.05, 0.1) is 17.1 Å². The molecule has 0 saturated carbocycles. The topological polar surface area (TPSA) is 89.3 Å². The molecule has 3 rings (SSSR count). The molecule has 3 aromatic rings. The summed E-state index contributed by atoms with van der Waals surface area (Å²) in [6.45, 7) is 1.84. The molecule has 0 fully saturated rings. The maximum Gasteiger partial charge on any atom is 0.220 e. The summed E-state index contributed by atoms with van der Waals surface area (Å²) in [4.78, 5) is 16.7. The lowest BCUT2D eigenvalue weighted by Crippen LogP contribution is -2.26. The van der Waals surface area contributed by atoms with Crippen molar-refractivity contribution in [3.8, 4) is 11.3 Å². The maximum absolute atomic E-state index is 12.2. The summed E-state index contributed by atoms with van der Waals surface area (Å²) in [7, 11) is -3.24. The lowest BCUT2D eigenvalue weighted by atomic mass is 10.1. The Morgan fingerprint density at radius 1 is 1.14 bits per heavy atom. The fourth-order valence-electron chi connectivity index (χ4n) is 2.79. The van der Waals surface area contributed by atoms with E-state index in [2.05, 4.69) is 10.3 Å². The van der Waals surface area contributed by atoms with Crippen molar-refractivity contribution in [3.05, 3.63) is 71.2 Å². The van der Waals surface area contributed by atoms with E-state index in [1.165, 1.54) is 0 Å². The Labute approximate surface area is 174 Å². The molecule has 0 unspecified atom stereocenters. The lowest BCUT2D eigenvalue weighted by molar-refractivity contribution is -0.121. The van der Waals surface area contributed by atoms with Gasteiger partial charge in [-0.05, 0) is 48.9 Å². The molecule has 0 aliphatic heterocycles. The van der Waals surface area contributed by atoms with Gasteiger partial charge in [-0.25, -0.2) is 13.4 Å². The van der Waals surface area contributed by atoms with Crippen molar-refractivity contribution in [3.63, 3.8) is 0 Å². The molecule has 152 valence electrons. The van der Waals surface area contributed by atoms with Crippen LogP contribution in [0.15, 0.2) is 64.0 Å². The van der Waals surface area contributed by atoms with Gasteiger partial charge < -0.3 is 9.73 Å². The summed E-state index contributed by atoms with van der Waals surface area (Å²) in [5.41, 5.74) is 1.69. The maximum atomic E-state index is 12.2. The van der Waals surface area contributed by atoms with Crippen LogP contribution in [0.5, 0.6) is 0 Å². The zero-order valence-electron chi connectivity index (χ0n) is 16.1. The van der Waals surface area contributed by atoms with Crippen molar-refractivity contribution in [1.82, 2.24) is 10.3 Å². The highest BCUT2D eigenvalue weighted by Crippen LogP contribution is 2.23. The molecule has 1 heterocycles. The average Bonchev–Trinajstić information content (AvgIpc) is 3.15. The van der Waals surface area contributed by atoms with Crippen molar-refractivity contribution >= 4 is 27.3 Å². The number of carbonyl (C=O) groups is 1. The largest absolute Gasteiger partial charge is 0.441 e. The predicted molar refractivity (Wildman–Crippen MR) is 111 cm³/mol. The zero-order valence-corrected chi connectivity index (χ0v) is 17.6. The van der Waals surface area contributed by atoms with Crippen LogP contribution in [0, 0.1) is 0 Å². The summed E-state index contributed by atoms with van der Waals surface area (Å²) in [5.74, 6) is 0.961. The van der Waals surface area contributed by atoms with Crippen molar-refractivity contribution < 1.29 is 17.6 Å². The standard InChI is InChI=1S/C21H21ClN2O4S/c1-14(15-5-9-18(10-6-15)29(2,26)27)24-20(25)11-12-21-23-13-19(28-21)16-3-7-17(22)8-4-16/h3-10,13-14H,11-12H2,1-2H3,(H,24,25)/t14-/m1/s1. The molecule has 1 atom stereocenters. The van der Waals surface area contributed by atoms with Crippen LogP contribution in [0.2, 0.25) is 5.02 Å². The number of aromatic nitrogens is 1. The molecule has 0 aliphatic rings. The van der Waals surface area contributed by atoms with E-state index >= 15 is 0 Å². The molecule has 0 aliphatic carbocycles. The minimum Gasteiger partial charge on any atom is -0.441 e. The second-order valence-electron chi connectivity index (χ2n) is 6.76. The number of oxazole rings is 1. The van der Waals surface area contributed by atoms with Crippen LogP contribution in [0.4, 0.5) is 0 Å². The smallest absolute Gasteiger partial charge is 0.220 e. The van der Waals surface area contributed by atoms with E-state index in [1.807, 2.05) is 19.1 Å². The molecule has 0 bridgehead atoms. The first-order chi connectivity index (χ1) is 13.7. The number of rotatable bonds is 7. The molecular formula is C21H21ClN2O4S. The third kappa shape index (κ3) is 5.68. The number of carbonyl (C=O) groups excluding carboxylic acids is 1. The minimum absolute atomic E-state index is 0.143. The quantitative estimate of drug-likeness (QED) is 0.604. The van der Waals surface area contributed by atoms with Crippen LogP contribution in [0.3, 0.4) is 0 Å². The SMILES string of the molecule is C[C@@H](NC(=O)CCc1ncc(-c2ccc(Cl)cc2)o1)c1ccc(S(C)(=O)=O)cc1. The molecule has 1 aromatic heterocycles. The van der Waals surface area contributed by atoms with Gasteiger partial charge in [0.1, 0.15) is 0 Å². The molecule has 1 N–H and O–H groups in total. The molecule has 29 heavy (non-hydrogen) atoms. The number of hydrogen-bond donors (Lipinski definition) is 1. The molecule has 1 amide bonds. The van der Waals surface area contributed by atoms with Crippen molar-refractivity contribution in [2.75, 3.05) is 6.26 Å². The van der Waals surface area contributed by atoms with Crippen molar-refractivity contribution in [2.45, 2.75) is 30.7 Å². The van der Waals surface area contributed by atoms with E-state index < -0.39 is 9.84 Å². The van der Waals surface area contributed by atoms with E-state index in [0.717, 1.165) is 17.4 Å². The second kappa shape index (κ2) is 8.80.